The zero-order valence-electron chi connectivity index (χ0n) is 19.8. The Labute approximate surface area is 201 Å². The molecule has 3 N–H and O–H groups in total. The van der Waals surface area contributed by atoms with Gasteiger partial charge < -0.3 is 20.7 Å². The fourth-order valence-corrected chi connectivity index (χ4v) is 5.01. The highest BCUT2D eigenvalue weighted by Crippen LogP contribution is 2.47. The molecule has 3 rings (SSSR count). The third-order valence-corrected chi connectivity index (χ3v) is 7.22. The van der Waals surface area contributed by atoms with Crippen LogP contribution in [0.5, 0.6) is 0 Å². The van der Waals surface area contributed by atoms with Crippen LogP contribution in [-0.4, -0.2) is 50.1 Å². The lowest BCUT2D eigenvalue weighted by atomic mass is 10.0. The van der Waals surface area contributed by atoms with E-state index in [4.69, 9.17) is 4.74 Å². The number of nitrogens with zero attached hydrogens (tertiary/aromatic N) is 1. The van der Waals surface area contributed by atoms with E-state index in [0.29, 0.717) is 23.4 Å². The zero-order valence-corrected chi connectivity index (χ0v) is 20.6. The molecule has 0 aliphatic carbocycles. The van der Waals surface area contributed by atoms with Gasteiger partial charge in [0.15, 0.2) is 0 Å². The van der Waals surface area contributed by atoms with Crippen LogP contribution >= 0.6 is 10.0 Å². The molecule has 0 aromatic heterocycles. The van der Waals surface area contributed by atoms with Gasteiger partial charge in [-0.05, 0) is 48.1 Å². The minimum absolute atomic E-state index is 0.0923. The molecule has 0 radical (unpaired) electrons. The third-order valence-electron chi connectivity index (χ3n) is 5.55. The molecule has 0 bridgehead atoms. The molecule has 1 heterocycles. The average Bonchev–Trinajstić information content (AvgIpc) is 3.23. The van der Waals surface area contributed by atoms with Crippen molar-refractivity contribution in [1.82, 2.24) is 10.6 Å². The molecule has 0 saturated carbocycles. The van der Waals surface area contributed by atoms with E-state index in [-0.39, 0.29) is 24.8 Å². The molecule has 180 valence electrons. The number of methoxy groups -OCH3 is 1. The largest absolute Gasteiger partial charge is 0.380 e. The molecule has 2 aromatic rings. The van der Waals surface area contributed by atoms with Gasteiger partial charge in [0.05, 0.1) is 18.1 Å². The summed E-state index contributed by atoms with van der Waals surface area (Å²) in [6, 6.07) is 13.7. The van der Waals surface area contributed by atoms with E-state index in [1.165, 1.54) is 0 Å². The number of benzene rings is 2. The number of hydrogen-bond acceptors (Lipinski definition) is 5. The molecule has 1 saturated heterocycles. The van der Waals surface area contributed by atoms with Crippen molar-refractivity contribution in [3.05, 3.63) is 59.2 Å². The smallest absolute Gasteiger partial charge is 0.251 e. The van der Waals surface area contributed by atoms with Gasteiger partial charge in [0.25, 0.3) is 5.91 Å². The maximum atomic E-state index is 13.3. The van der Waals surface area contributed by atoms with Crippen molar-refractivity contribution >= 4 is 33.4 Å². The summed E-state index contributed by atoms with van der Waals surface area (Å²) in [5, 5.41) is 17.9. The lowest BCUT2D eigenvalue weighted by Gasteiger charge is -2.27. The van der Waals surface area contributed by atoms with Crippen LogP contribution in [0, 0.1) is 17.2 Å². The topological polar surface area (TPSA) is 120 Å². The Balaban J connectivity index is 1.86. The van der Waals surface area contributed by atoms with Crippen LogP contribution < -0.4 is 16.0 Å². The predicted octanol–water partition coefficient (Wildman–Crippen LogP) is 2.69. The standard InChI is InChI=1S/C25H30N4O4S/c1-33-15-16-5-7-17(8-6-16)23(29-24(31)19-12-22(30)27-14-19)25(32)28-20-9-10-21(34(2,3)4)18(11-20)13-26/h5-11,19,23H,12,14-15H2,1-4H3,(H,27,30)(H,28,32)(H,29,31). The highest BCUT2D eigenvalue weighted by molar-refractivity contribution is 8.32. The molecule has 34 heavy (non-hydrogen) atoms. The predicted molar refractivity (Wildman–Crippen MR) is 133 cm³/mol. The van der Waals surface area contributed by atoms with Crippen LogP contribution in [0.1, 0.15) is 29.2 Å². The van der Waals surface area contributed by atoms with E-state index in [0.717, 1.165) is 10.5 Å². The van der Waals surface area contributed by atoms with Crippen molar-refractivity contribution in [2.75, 3.05) is 37.7 Å². The lowest BCUT2D eigenvalue weighted by Crippen LogP contribution is -2.40. The summed E-state index contributed by atoms with van der Waals surface area (Å²) in [5.41, 5.74) is 2.52. The number of rotatable bonds is 8. The van der Waals surface area contributed by atoms with E-state index in [1.54, 1.807) is 31.4 Å². The molecule has 1 aliphatic heterocycles. The Morgan fingerprint density at radius 3 is 2.47 bits per heavy atom. The van der Waals surface area contributed by atoms with Gasteiger partial charge in [-0.25, -0.2) is 10.0 Å². The van der Waals surface area contributed by atoms with Gasteiger partial charge in [-0.2, -0.15) is 5.26 Å². The van der Waals surface area contributed by atoms with Crippen LogP contribution in [0.25, 0.3) is 0 Å². The van der Waals surface area contributed by atoms with E-state index >= 15 is 0 Å². The van der Waals surface area contributed by atoms with E-state index in [2.05, 4.69) is 40.8 Å². The van der Waals surface area contributed by atoms with Crippen molar-refractivity contribution in [1.29, 1.82) is 5.26 Å². The first-order valence-corrected chi connectivity index (χ1v) is 13.7. The maximum absolute atomic E-state index is 13.3. The van der Waals surface area contributed by atoms with Crippen molar-refractivity contribution in [2.24, 2.45) is 5.92 Å². The Hall–Kier alpha value is -3.35. The number of amides is 3. The first-order chi connectivity index (χ1) is 16.1. The number of nitriles is 1. The molecule has 2 aromatic carbocycles. The van der Waals surface area contributed by atoms with E-state index in [1.807, 2.05) is 18.2 Å². The van der Waals surface area contributed by atoms with Crippen LogP contribution in [-0.2, 0) is 25.7 Å². The molecule has 2 unspecified atom stereocenters. The van der Waals surface area contributed by atoms with Crippen molar-refractivity contribution < 1.29 is 19.1 Å². The highest BCUT2D eigenvalue weighted by Gasteiger charge is 2.32. The molecular formula is C25H30N4O4S. The number of carbonyl (C=O) groups is 3. The van der Waals surface area contributed by atoms with Gasteiger partial charge in [-0.15, -0.1) is 0 Å². The maximum Gasteiger partial charge on any atom is 0.251 e. The van der Waals surface area contributed by atoms with Crippen LogP contribution in [0.2, 0.25) is 0 Å². The Kier molecular flexibility index (Phi) is 7.97. The first-order valence-electron chi connectivity index (χ1n) is 10.8. The van der Waals surface area contributed by atoms with Crippen LogP contribution in [0.4, 0.5) is 5.69 Å². The second-order valence-corrected chi connectivity index (χ2v) is 13.1. The average molecular weight is 483 g/mol. The van der Waals surface area contributed by atoms with Gasteiger partial charge in [0, 0.05) is 30.7 Å². The van der Waals surface area contributed by atoms with Crippen molar-refractivity contribution in [3.8, 4) is 6.07 Å². The monoisotopic (exact) mass is 482 g/mol. The number of carbonyl (C=O) groups excluding carboxylic acids is 3. The molecule has 0 spiro atoms. The summed E-state index contributed by atoms with van der Waals surface area (Å²) >= 11 is 0. The summed E-state index contributed by atoms with van der Waals surface area (Å²) < 4.78 is 5.14. The van der Waals surface area contributed by atoms with Gasteiger partial charge >= 0.3 is 0 Å². The molecule has 1 fully saturated rings. The molecule has 1 aliphatic rings. The van der Waals surface area contributed by atoms with Gasteiger partial charge in [0.1, 0.15) is 12.1 Å². The molecule has 3 amide bonds. The molecule has 9 heteroatoms. The number of hydrogen-bond donors (Lipinski definition) is 3. The van der Waals surface area contributed by atoms with Crippen molar-refractivity contribution in [2.45, 2.75) is 24.0 Å². The summed E-state index contributed by atoms with van der Waals surface area (Å²) in [7, 11) is 0.476. The molecule has 8 nitrogen and oxygen atoms in total. The number of anilines is 1. The van der Waals surface area contributed by atoms with Crippen LogP contribution in [0.3, 0.4) is 0 Å². The molecular weight excluding hydrogens is 452 g/mol. The van der Waals surface area contributed by atoms with Crippen molar-refractivity contribution in [3.63, 3.8) is 0 Å². The summed E-state index contributed by atoms with van der Waals surface area (Å²) in [6.07, 6.45) is 6.39. The number of nitrogens with one attached hydrogen (secondary N) is 3. The second-order valence-electron chi connectivity index (χ2n) is 8.97. The summed E-state index contributed by atoms with van der Waals surface area (Å²) in [6.45, 7) is 0.673. The fraction of sp³-hybridized carbons (Fsp3) is 0.360. The third kappa shape index (κ3) is 6.16. The van der Waals surface area contributed by atoms with Gasteiger partial charge in [0.2, 0.25) is 11.8 Å². The van der Waals surface area contributed by atoms with Crippen LogP contribution in [0.15, 0.2) is 47.4 Å². The SMILES string of the molecule is COCc1ccc(C(NC(=O)C2CNC(=O)C2)C(=O)Nc2ccc(S(C)(C)C)c(C#N)c2)cc1. The van der Waals surface area contributed by atoms with Gasteiger partial charge in [-0.1, -0.05) is 24.3 Å². The summed E-state index contributed by atoms with van der Waals surface area (Å²) in [4.78, 5) is 38.6. The van der Waals surface area contributed by atoms with E-state index < -0.39 is 27.9 Å². The quantitative estimate of drug-likeness (QED) is 0.534. The van der Waals surface area contributed by atoms with Gasteiger partial charge in [-0.3, -0.25) is 14.4 Å². The normalized spacial score (nSPS) is 16.8. The Morgan fingerprint density at radius 2 is 1.91 bits per heavy atom. The summed E-state index contributed by atoms with van der Waals surface area (Å²) in [5.74, 6) is -1.53. The fourth-order valence-electron chi connectivity index (χ4n) is 3.77. The number of ether oxygens (including phenoxy) is 1. The zero-order chi connectivity index (χ0) is 24.9. The minimum Gasteiger partial charge on any atom is -0.380 e. The highest BCUT2D eigenvalue weighted by atomic mass is 32.3. The molecule has 2 atom stereocenters. The minimum atomic E-state index is -1.12. The Morgan fingerprint density at radius 1 is 1.21 bits per heavy atom. The second kappa shape index (κ2) is 10.7. The Bertz CT molecular complexity index is 1120. The van der Waals surface area contributed by atoms with E-state index in [9.17, 15) is 19.6 Å². The lowest BCUT2D eigenvalue weighted by molar-refractivity contribution is -0.129. The first kappa shape index (κ1) is 25.3.